The minimum absolute atomic E-state index is 0.637. The van der Waals surface area contributed by atoms with Gasteiger partial charge in [0.25, 0.3) is 0 Å². The number of para-hydroxylation sites is 2. The van der Waals surface area contributed by atoms with Crippen LogP contribution in [0, 0.1) is 0 Å². The van der Waals surface area contributed by atoms with Crippen molar-refractivity contribution >= 4 is 44.6 Å². The monoisotopic (exact) mass is 358 g/mol. The molecule has 0 bridgehead atoms. The van der Waals surface area contributed by atoms with Gasteiger partial charge in [0, 0.05) is 17.6 Å². The van der Waals surface area contributed by atoms with Gasteiger partial charge in [-0.1, -0.05) is 48.0 Å². The van der Waals surface area contributed by atoms with Crippen molar-refractivity contribution in [2.45, 2.75) is 0 Å². The molecule has 0 aliphatic heterocycles. The Balaban J connectivity index is 2.20. The smallest absolute Gasteiger partial charge is 0.0844 e. The van der Waals surface area contributed by atoms with Crippen molar-refractivity contribution in [2.75, 3.05) is 4.90 Å². The van der Waals surface area contributed by atoms with Crippen LogP contribution in [0.3, 0.4) is 0 Å². The summed E-state index contributed by atoms with van der Waals surface area (Å²) in [5.41, 5.74) is 2.90. The van der Waals surface area contributed by atoms with Crippen LogP contribution in [-0.4, -0.2) is 4.98 Å². The van der Waals surface area contributed by atoms with E-state index in [1.54, 1.807) is 12.4 Å². The molecule has 0 aliphatic carbocycles. The van der Waals surface area contributed by atoms with Crippen LogP contribution in [0.5, 0.6) is 0 Å². The van der Waals surface area contributed by atoms with E-state index in [9.17, 15) is 0 Å². The van der Waals surface area contributed by atoms with Crippen molar-refractivity contribution in [3.63, 3.8) is 0 Å². The van der Waals surface area contributed by atoms with E-state index < -0.39 is 0 Å². The number of hydrogen-bond acceptors (Lipinski definition) is 2. The third-order valence-corrected chi connectivity index (χ3v) is 4.32. The minimum atomic E-state index is 0.637. The van der Waals surface area contributed by atoms with Gasteiger partial charge in [-0.3, -0.25) is 4.98 Å². The summed E-state index contributed by atoms with van der Waals surface area (Å²) in [6.07, 6.45) is 3.47. The number of pyridine rings is 1. The van der Waals surface area contributed by atoms with Gasteiger partial charge in [0.05, 0.1) is 21.4 Å². The first kappa shape index (κ1) is 14.1. The maximum Gasteiger partial charge on any atom is 0.0844 e. The first-order valence-corrected chi connectivity index (χ1v) is 7.63. The molecule has 0 saturated heterocycles. The van der Waals surface area contributed by atoms with Gasteiger partial charge in [-0.15, -0.1) is 0 Å². The lowest BCUT2D eigenvalue weighted by Gasteiger charge is -2.26. The van der Waals surface area contributed by atoms with Crippen molar-refractivity contribution in [2.24, 2.45) is 0 Å². The molecule has 0 spiro atoms. The number of halogens is 2. The topological polar surface area (TPSA) is 16.1 Å². The molecular weight excluding hydrogens is 348 g/mol. The van der Waals surface area contributed by atoms with Gasteiger partial charge in [0.15, 0.2) is 0 Å². The highest BCUT2D eigenvalue weighted by atomic mass is 79.9. The molecule has 2 aromatic carbocycles. The lowest BCUT2D eigenvalue weighted by atomic mass is 10.2. The first-order chi connectivity index (χ1) is 10.3. The predicted octanol–water partition coefficient (Wildman–Crippen LogP) is 5.97. The Labute approximate surface area is 137 Å². The maximum atomic E-state index is 6.46. The molecule has 0 fully saturated rings. The fourth-order valence-corrected chi connectivity index (χ4v) is 2.65. The van der Waals surface area contributed by atoms with E-state index >= 15 is 0 Å². The first-order valence-electron chi connectivity index (χ1n) is 6.46. The fraction of sp³-hybridized carbons (Fsp3) is 0. The van der Waals surface area contributed by atoms with Crippen LogP contribution >= 0.6 is 27.5 Å². The van der Waals surface area contributed by atoms with Gasteiger partial charge in [0.2, 0.25) is 0 Å². The van der Waals surface area contributed by atoms with Crippen molar-refractivity contribution in [1.29, 1.82) is 0 Å². The minimum Gasteiger partial charge on any atom is -0.308 e. The molecule has 1 aromatic heterocycles. The van der Waals surface area contributed by atoms with Crippen LogP contribution in [0.2, 0.25) is 5.02 Å². The molecule has 3 rings (SSSR count). The Morgan fingerprint density at radius 3 is 1.86 bits per heavy atom. The Morgan fingerprint density at radius 2 is 1.33 bits per heavy atom. The Hall–Kier alpha value is -1.84. The molecule has 1 heterocycles. The van der Waals surface area contributed by atoms with Crippen molar-refractivity contribution in [3.8, 4) is 0 Å². The summed E-state index contributed by atoms with van der Waals surface area (Å²) in [5.74, 6) is 0. The molecule has 2 nitrogen and oxygen atoms in total. The molecule has 4 heteroatoms. The second-order valence-electron chi connectivity index (χ2n) is 4.46. The van der Waals surface area contributed by atoms with Gasteiger partial charge in [-0.05, 0) is 40.2 Å². The number of anilines is 3. The number of benzene rings is 2. The van der Waals surface area contributed by atoms with Crippen molar-refractivity contribution in [3.05, 3.63) is 82.6 Å². The Morgan fingerprint density at radius 1 is 0.810 bits per heavy atom. The molecule has 21 heavy (non-hydrogen) atoms. The molecule has 0 unspecified atom stereocenters. The maximum absolute atomic E-state index is 6.46. The molecule has 104 valence electrons. The van der Waals surface area contributed by atoms with Crippen LogP contribution < -0.4 is 4.90 Å². The highest BCUT2D eigenvalue weighted by molar-refractivity contribution is 9.10. The molecule has 0 amide bonds. The van der Waals surface area contributed by atoms with Crippen molar-refractivity contribution in [1.82, 2.24) is 4.98 Å². The van der Waals surface area contributed by atoms with Crippen molar-refractivity contribution < 1.29 is 0 Å². The SMILES string of the molecule is Clc1c(Br)cncc1N(c1ccccc1)c1ccccc1. The van der Waals surface area contributed by atoms with E-state index in [0.717, 1.165) is 21.5 Å². The van der Waals surface area contributed by atoms with E-state index in [-0.39, 0.29) is 0 Å². The zero-order valence-corrected chi connectivity index (χ0v) is 13.4. The normalized spacial score (nSPS) is 10.4. The standard InChI is InChI=1S/C17H12BrClN2/c18-15-11-20-12-16(17(15)19)21(13-7-3-1-4-8-13)14-9-5-2-6-10-14/h1-12H. The second-order valence-corrected chi connectivity index (χ2v) is 5.69. The molecular formula is C17H12BrClN2. The van der Waals surface area contributed by atoms with Gasteiger partial charge in [-0.2, -0.15) is 0 Å². The highest BCUT2D eigenvalue weighted by Crippen LogP contribution is 2.40. The van der Waals surface area contributed by atoms with Crippen LogP contribution in [0.4, 0.5) is 17.1 Å². The van der Waals surface area contributed by atoms with Crippen LogP contribution in [0.1, 0.15) is 0 Å². The number of hydrogen-bond donors (Lipinski definition) is 0. The van der Waals surface area contributed by atoms with Gasteiger partial charge in [0.1, 0.15) is 0 Å². The molecule has 0 saturated carbocycles. The number of rotatable bonds is 3. The van der Waals surface area contributed by atoms with Gasteiger partial charge in [-0.25, -0.2) is 0 Å². The summed E-state index contributed by atoms with van der Waals surface area (Å²) < 4.78 is 0.776. The van der Waals surface area contributed by atoms with Crippen LogP contribution in [0.15, 0.2) is 77.5 Å². The summed E-state index contributed by atoms with van der Waals surface area (Å²) in [6, 6.07) is 20.2. The lowest BCUT2D eigenvalue weighted by Crippen LogP contribution is -2.10. The molecule has 0 radical (unpaired) electrons. The van der Waals surface area contributed by atoms with Crippen LogP contribution in [0.25, 0.3) is 0 Å². The number of nitrogens with zero attached hydrogens (tertiary/aromatic N) is 2. The van der Waals surface area contributed by atoms with E-state index in [2.05, 4.69) is 25.8 Å². The Kier molecular flexibility index (Phi) is 4.23. The van der Waals surface area contributed by atoms with E-state index in [0.29, 0.717) is 5.02 Å². The van der Waals surface area contributed by atoms with Gasteiger partial charge >= 0.3 is 0 Å². The predicted molar refractivity (Wildman–Crippen MR) is 91.6 cm³/mol. The quantitative estimate of drug-likeness (QED) is 0.573. The second kappa shape index (κ2) is 6.29. The zero-order valence-electron chi connectivity index (χ0n) is 11.1. The molecule has 0 N–H and O–H groups in total. The summed E-state index contributed by atoms with van der Waals surface area (Å²) in [5, 5.41) is 0.637. The largest absolute Gasteiger partial charge is 0.308 e. The zero-order chi connectivity index (χ0) is 14.7. The molecule has 0 aliphatic rings. The lowest BCUT2D eigenvalue weighted by molar-refractivity contribution is 1.22. The summed E-state index contributed by atoms with van der Waals surface area (Å²) in [4.78, 5) is 6.33. The fourth-order valence-electron chi connectivity index (χ4n) is 2.15. The summed E-state index contributed by atoms with van der Waals surface area (Å²) >= 11 is 9.90. The van der Waals surface area contributed by atoms with E-state index in [4.69, 9.17) is 11.6 Å². The Bertz CT molecular complexity index is 693. The number of aromatic nitrogens is 1. The van der Waals surface area contributed by atoms with Crippen LogP contribution in [-0.2, 0) is 0 Å². The molecule has 0 atom stereocenters. The summed E-state index contributed by atoms with van der Waals surface area (Å²) in [6.45, 7) is 0. The average molecular weight is 360 g/mol. The van der Waals surface area contributed by atoms with E-state index in [1.165, 1.54) is 0 Å². The average Bonchev–Trinajstić information content (AvgIpc) is 2.54. The highest BCUT2D eigenvalue weighted by Gasteiger charge is 2.16. The van der Waals surface area contributed by atoms with Gasteiger partial charge < -0.3 is 4.90 Å². The summed E-state index contributed by atoms with van der Waals surface area (Å²) in [7, 11) is 0. The van der Waals surface area contributed by atoms with E-state index in [1.807, 2.05) is 60.7 Å². The molecule has 3 aromatic rings. The third kappa shape index (κ3) is 2.94. The third-order valence-electron chi connectivity index (χ3n) is 3.09.